The van der Waals surface area contributed by atoms with Crippen molar-refractivity contribution in [2.24, 2.45) is 5.73 Å². The number of phenols is 1. The molecule has 0 radical (unpaired) electrons. The predicted octanol–water partition coefficient (Wildman–Crippen LogP) is 1.78. The first-order valence-corrected chi connectivity index (χ1v) is 5.29. The van der Waals surface area contributed by atoms with Crippen molar-refractivity contribution in [1.82, 2.24) is 0 Å². The van der Waals surface area contributed by atoms with Gasteiger partial charge in [-0.1, -0.05) is 6.42 Å². The quantitative estimate of drug-likeness (QED) is 0.794. The monoisotopic (exact) mass is 207 g/mol. The van der Waals surface area contributed by atoms with Crippen LogP contribution in [0.2, 0.25) is 0 Å². The summed E-state index contributed by atoms with van der Waals surface area (Å²) in [6, 6.07) is 5.35. The van der Waals surface area contributed by atoms with Gasteiger partial charge in [-0.25, -0.2) is 0 Å². The zero-order valence-corrected chi connectivity index (χ0v) is 8.99. The van der Waals surface area contributed by atoms with Crippen LogP contribution >= 0.6 is 0 Å². The van der Waals surface area contributed by atoms with Gasteiger partial charge in [-0.15, -0.1) is 0 Å². The number of ether oxygens (including phenoxy) is 1. The topological polar surface area (TPSA) is 55.5 Å². The summed E-state index contributed by atoms with van der Waals surface area (Å²) in [5.74, 6) is 1.11. The summed E-state index contributed by atoms with van der Waals surface area (Å²) in [4.78, 5) is 0. The van der Waals surface area contributed by atoms with Crippen molar-refractivity contribution in [2.45, 2.75) is 24.7 Å². The van der Waals surface area contributed by atoms with Gasteiger partial charge in [-0.05, 0) is 31.0 Å². The van der Waals surface area contributed by atoms with Crippen molar-refractivity contribution >= 4 is 0 Å². The fraction of sp³-hybridized carbons (Fsp3) is 0.500. The van der Waals surface area contributed by atoms with E-state index in [4.69, 9.17) is 10.5 Å². The molecular formula is C12H17NO2. The van der Waals surface area contributed by atoms with Crippen LogP contribution in [0.15, 0.2) is 18.2 Å². The van der Waals surface area contributed by atoms with Crippen molar-refractivity contribution in [1.29, 1.82) is 0 Å². The molecule has 1 aromatic rings. The SMILES string of the molecule is COc1ccc(O)c(C2(CN)CCC2)c1. The van der Waals surface area contributed by atoms with E-state index in [0.717, 1.165) is 24.2 Å². The van der Waals surface area contributed by atoms with Crippen LogP contribution in [0, 0.1) is 0 Å². The average Bonchev–Trinajstić information content (AvgIpc) is 2.20. The molecule has 0 unspecified atom stereocenters. The highest BCUT2D eigenvalue weighted by Gasteiger charge is 2.39. The van der Waals surface area contributed by atoms with Gasteiger partial charge in [0.15, 0.2) is 0 Å². The van der Waals surface area contributed by atoms with E-state index in [0.29, 0.717) is 12.3 Å². The van der Waals surface area contributed by atoms with Crippen LogP contribution in [0.5, 0.6) is 11.5 Å². The maximum absolute atomic E-state index is 9.85. The molecule has 3 nitrogen and oxygen atoms in total. The second-order valence-corrected chi connectivity index (χ2v) is 4.22. The lowest BCUT2D eigenvalue weighted by Crippen LogP contribution is -2.41. The first-order valence-electron chi connectivity index (χ1n) is 5.29. The maximum Gasteiger partial charge on any atom is 0.119 e. The van der Waals surface area contributed by atoms with Gasteiger partial charge in [-0.3, -0.25) is 0 Å². The molecule has 1 saturated carbocycles. The second-order valence-electron chi connectivity index (χ2n) is 4.22. The smallest absolute Gasteiger partial charge is 0.119 e. The Balaban J connectivity index is 2.41. The van der Waals surface area contributed by atoms with Crippen LogP contribution in [0.1, 0.15) is 24.8 Å². The van der Waals surface area contributed by atoms with Gasteiger partial charge in [0.2, 0.25) is 0 Å². The number of nitrogens with two attached hydrogens (primary N) is 1. The Morgan fingerprint density at radius 3 is 2.67 bits per heavy atom. The highest BCUT2D eigenvalue weighted by Crippen LogP contribution is 2.46. The van der Waals surface area contributed by atoms with Crippen molar-refractivity contribution < 1.29 is 9.84 Å². The molecular weight excluding hydrogens is 190 g/mol. The van der Waals surface area contributed by atoms with Crippen LogP contribution in [-0.2, 0) is 5.41 Å². The number of benzene rings is 1. The molecule has 0 bridgehead atoms. The van der Waals surface area contributed by atoms with E-state index >= 15 is 0 Å². The normalized spacial score (nSPS) is 18.3. The van der Waals surface area contributed by atoms with Crippen LogP contribution in [-0.4, -0.2) is 18.8 Å². The van der Waals surface area contributed by atoms with E-state index in [1.165, 1.54) is 6.42 Å². The van der Waals surface area contributed by atoms with E-state index < -0.39 is 0 Å². The number of hydrogen-bond acceptors (Lipinski definition) is 3. The highest BCUT2D eigenvalue weighted by atomic mass is 16.5. The van der Waals surface area contributed by atoms with Gasteiger partial charge in [0, 0.05) is 17.5 Å². The first kappa shape index (κ1) is 10.3. The largest absolute Gasteiger partial charge is 0.508 e. The molecule has 82 valence electrons. The molecule has 1 aliphatic rings. The molecule has 0 heterocycles. The van der Waals surface area contributed by atoms with E-state index in [-0.39, 0.29) is 5.41 Å². The highest BCUT2D eigenvalue weighted by molar-refractivity contribution is 5.45. The molecule has 2 rings (SSSR count). The Morgan fingerprint density at radius 2 is 2.20 bits per heavy atom. The minimum Gasteiger partial charge on any atom is -0.508 e. The zero-order valence-electron chi connectivity index (χ0n) is 8.99. The summed E-state index contributed by atoms with van der Waals surface area (Å²) in [6.07, 6.45) is 3.31. The van der Waals surface area contributed by atoms with Crippen molar-refractivity contribution in [3.8, 4) is 11.5 Å². The van der Waals surface area contributed by atoms with Crippen LogP contribution < -0.4 is 10.5 Å². The van der Waals surface area contributed by atoms with E-state index in [1.54, 1.807) is 19.2 Å². The standard InChI is InChI=1S/C12H17NO2/c1-15-9-3-4-11(14)10(7-9)12(8-13)5-2-6-12/h3-4,7,14H,2,5-6,8,13H2,1H3. The molecule has 1 fully saturated rings. The second kappa shape index (κ2) is 3.74. The van der Waals surface area contributed by atoms with Crippen LogP contribution in [0.3, 0.4) is 0 Å². The van der Waals surface area contributed by atoms with Gasteiger partial charge in [0.05, 0.1) is 7.11 Å². The van der Waals surface area contributed by atoms with Crippen LogP contribution in [0.4, 0.5) is 0 Å². The molecule has 0 saturated heterocycles. The lowest BCUT2D eigenvalue weighted by molar-refractivity contribution is 0.244. The number of methoxy groups -OCH3 is 1. The van der Waals surface area contributed by atoms with E-state index in [2.05, 4.69) is 0 Å². The minimum absolute atomic E-state index is 0.0153. The Bertz CT molecular complexity index is 353. The molecule has 1 aromatic carbocycles. The van der Waals surface area contributed by atoms with Crippen molar-refractivity contribution in [3.05, 3.63) is 23.8 Å². The van der Waals surface area contributed by atoms with Gasteiger partial charge in [-0.2, -0.15) is 0 Å². The Morgan fingerprint density at radius 1 is 1.47 bits per heavy atom. The molecule has 0 aromatic heterocycles. The molecule has 1 aliphatic carbocycles. The summed E-state index contributed by atoms with van der Waals surface area (Å²) < 4.78 is 5.17. The maximum atomic E-state index is 9.85. The predicted molar refractivity (Wildman–Crippen MR) is 59.2 cm³/mol. The Hall–Kier alpha value is -1.22. The lowest BCUT2D eigenvalue weighted by Gasteiger charge is -2.41. The third-order valence-corrected chi connectivity index (χ3v) is 3.48. The molecule has 3 N–H and O–H groups in total. The molecule has 0 aliphatic heterocycles. The number of rotatable bonds is 3. The lowest BCUT2D eigenvalue weighted by atomic mass is 9.64. The number of aromatic hydroxyl groups is 1. The summed E-state index contributed by atoms with van der Waals surface area (Å²) in [5.41, 5.74) is 6.73. The minimum atomic E-state index is -0.0153. The van der Waals surface area contributed by atoms with Gasteiger partial charge in [0.1, 0.15) is 11.5 Å². The molecule has 0 atom stereocenters. The van der Waals surface area contributed by atoms with E-state index in [9.17, 15) is 5.11 Å². The molecule has 0 spiro atoms. The molecule has 15 heavy (non-hydrogen) atoms. The average molecular weight is 207 g/mol. The van der Waals surface area contributed by atoms with Gasteiger partial charge >= 0.3 is 0 Å². The third kappa shape index (κ3) is 1.57. The van der Waals surface area contributed by atoms with Crippen LogP contribution in [0.25, 0.3) is 0 Å². The summed E-state index contributed by atoms with van der Waals surface area (Å²) in [5, 5.41) is 9.85. The number of hydrogen-bond donors (Lipinski definition) is 2. The summed E-state index contributed by atoms with van der Waals surface area (Å²) >= 11 is 0. The van der Waals surface area contributed by atoms with E-state index in [1.807, 2.05) is 6.07 Å². The Kier molecular flexibility index (Phi) is 2.57. The van der Waals surface area contributed by atoms with Gasteiger partial charge in [0.25, 0.3) is 0 Å². The third-order valence-electron chi connectivity index (χ3n) is 3.48. The first-order chi connectivity index (χ1) is 7.22. The van der Waals surface area contributed by atoms with Gasteiger partial charge < -0.3 is 15.6 Å². The Labute approximate surface area is 89.9 Å². The zero-order chi connectivity index (χ0) is 10.9. The molecule has 3 heteroatoms. The summed E-state index contributed by atoms with van der Waals surface area (Å²) in [7, 11) is 1.63. The number of phenolic OH excluding ortho intramolecular Hbond substituents is 1. The fourth-order valence-electron chi connectivity index (χ4n) is 2.25. The van der Waals surface area contributed by atoms with Crippen molar-refractivity contribution in [3.63, 3.8) is 0 Å². The van der Waals surface area contributed by atoms with Crippen molar-refractivity contribution in [2.75, 3.05) is 13.7 Å². The fourth-order valence-corrected chi connectivity index (χ4v) is 2.25. The summed E-state index contributed by atoms with van der Waals surface area (Å²) in [6.45, 7) is 0.591. The molecule has 0 amide bonds.